The summed E-state index contributed by atoms with van der Waals surface area (Å²) in [5, 5.41) is 2.91. The fraction of sp³-hybridized carbons (Fsp3) is 0.917. The molecule has 1 unspecified atom stereocenters. The molecule has 0 saturated carbocycles. The molecule has 15 heavy (non-hydrogen) atoms. The highest BCUT2D eigenvalue weighted by Crippen LogP contribution is 2.19. The van der Waals surface area contributed by atoms with Crippen LogP contribution in [0.3, 0.4) is 0 Å². The maximum absolute atomic E-state index is 11.6. The van der Waals surface area contributed by atoms with Crippen LogP contribution in [-0.2, 0) is 4.79 Å². The predicted octanol–water partition coefficient (Wildman–Crippen LogP) is 1.91. The zero-order valence-corrected chi connectivity index (χ0v) is 11.0. The molecule has 3 nitrogen and oxygen atoms in total. The first-order valence-corrected chi connectivity index (χ1v) is 5.55. The minimum atomic E-state index is -0.0857. The van der Waals surface area contributed by atoms with Crippen LogP contribution in [0, 0.1) is 10.8 Å². The molecule has 0 aromatic rings. The molecule has 3 heteroatoms. The lowest BCUT2D eigenvalue weighted by Gasteiger charge is -2.27. The van der Waals surface area contributed by atoms with E-state index in [0.29, 0.717) is 13.0 Å². The van der Waals surface area contributed by atoms with Gasteiger partial charge in [0.05, 0.1) is 0 Å². The third-order valence-corrected chi connectivity index (χ3v) is 2.33. The summed E-state index contributed by atoms with van der Waals surface area (Å²) in [6.45, 7) is 13.1. The standard InChI is InChI=1S/C12H26N2O/c1-11(2,3)8-14-10(15)7-9(13)12(4,5)6/h9H,7-8,13H2,1-6H3,(H,14,15). The SMILES string of the molecule is CC(C)(C)CNC(=O)CC(N)C(C)(C)C. The first kappa shape index (κ1) is 14.4. The molecule has 1 atom stereocenters. The average molecular weight is 214 g/mol. The summed E-state index contributed by atoms with van der Waals surface area (Å²) in [7, 11) is 0. The van der Waals surface area contributed by atoms with Crippen LogP contribution in [-0.4, -0.2) is 18.5 Å². The highest BCUT2D eigenvalue weighted by molar-refractivity contribution is 5.76. The Kier molecular flexibility index (Phi) is 4.78. The molecule has 0 heterocycles. The van der Waals surface area contributed by atoms with Gasteiger partial charge in [-0.2, -0.15) is 0 Å². The van der Waals surface area contributed by atoms with E-state index in [0.717, 1.165) is 0 Å². The summed E-state index contributed by atoms with van der Waals surface area (Å²) in [5.74, 6) is 0.0485. The average Bonchev–Trinajstić information content (AvgIpc) is 1.97. The van der Waals surface area contributed by atoms with Gasteiger partial charge < -0.3 is 11.1 Å². The summed E-state index contributed by atoms with van der Waals surface area (Å²) in [5.41, 5.74) is 6.04. The zero-order chi connectivity index (χ0) is 12.3. The molecule has 0 fully saturated rings. The first-order valence-electron chi connectivity index (χ1n) is 5.55. The van der Waals surface area contributed by atoms with Crippen molar-refractivity contribution in [1.82, 2.24) is 5.32 Å². The molecule has 0 saturated heterocycles. The van der Waals surface area contributed by atoms with Crippen molar-refractivity contribution in [3.05, 3.63) is 0 Å². The van der Waals surface area contributed by atoms with Gasteiger partial charge in [-0.1, -0.05) is 41.5 Å². The van der Waals surface area contributed by atoms with Crippen molar-refractivity contribution in [1.29, 1.82) is 0 Å². The van der Waals surface area contributed by atoms with E-state index >= 15 is 0 Å². The fourth-order valence-electron chi connectivity index (χ4n) is 0.942. The van der Waals surface area contributed by atoms with Gasteiger partial charge in [0, 0.05) is 19.0 Å². The summed E-state index contributed by atoms with van der Waals surface area (Å²) < 4.78 is 0. The van der Waals surface area contributed by atoms with Crippen molar-refractivity contribution >= 4 is 5.91 Å². The molecule has 0 spiro atoms. The van der Waals surface area contributed by atoms with Gasteiger partial charge in [0.1, 0.15) is 0 Å². The largest absolute Gasteiger partial charge is 0.356 e. The van der Waals surface area contributed by atoms with Gasteiger partial charge in [-0.25, -0.2) is 0 Å². The Morgan fingerprint density at radius 2 is 1.67 bits per heavy atom. The zero-order valence-electron chi connectivity index (χ0n) is 11.0. The van der Waals surface area contributed by atoms with E-state index in [2.05, 4.69) is 46.9 Å². The number of hydrogen-bond donors (Lipinski definition) is 2. The molecule has 0 aliphatic rings. The third kappa shape index (κ3) is 7.37. The fourth-order valence-corrected chi connectivity index (χ4v) is 0.942. The normalized spacial score (nSPS) is 14.9. The molecule has 0 rings (SSSR count). The molecular weight excluding hydrogens is 188 g/mol. The van der Waals surface area contributed by atoms with E-state index in [1.54, 1.807) is 0 Å². The second-order valence-electron chi connectivity index (χ2n) is 6.51. The van der Waals surface area contributed by atoms with Crippen LogP contribution >= 0.6 is 0 Å². The van der Waals surface area contributed by atoms with E-state index in [4.69, 9.17) is 5.73 Å². The molecule has 0 aromatic carbocycles. The van der Waals surface area contributed by atoms with Gasteiger partial charge in [-0.05, 0) is 10.8 Å². The number of nitrogens with two attached hydrogens (primary N) is 1. The monoisotopic (exact) mass is 214 g/mol. The Labute approximate surface area is 93.8 Å². The summed E-state index contributed by atoms with van der Waals surface area (Å²) in [6.07, 6.45) is 0.402. The van der Waals surface area contributed by atoms with E-state index in [9.17, 15) is 4.79 Å². The number of amides is 1. The number of carbonyl (C=O) groups is 1. The van der Waals surface area contributed by atoms with Crippen LogP contribution in [0.1, 0.15) is 48.0 Å². The Bertz CT molecular complexity index is 211. The quantitative estimate of drug-likeness (QED) is 0.754. The molecule has 0 aromatic heterocycles. The van der Waals surface area contributed by atoms with E-state index < -0.39 is 0 Å². The molecule has 1 amide bonds. The molecule has 0 bridgehead atoms. The maximum Gasteiger partial charge on any atom is 0.221 e. The summed E-state index contributed by atoms with van der Waals surface area (Å²) >= 11 is 0. The summed E-state index contributed by atoms with van der Waals surface area (Å²) in [6, 6.07) is -0.0857. The molecule has 0 radical (unpaired) electrons. The number of nitrogens with one attached hydrogen (secondary N) is 1. The number of rotatable bonds is 3. The van der Waals surface area contributed by atoms with Gasteiger partial charge in [0.25, 0.3) is 0 Å². The van der Waals surface area contributed by atoms with Gasteiger partial charge in [-0.15, -0.1) is 0 Å². The Morgan fingerprint density at radius 1 is 1.20 bits per heavy atom. The predicted molar refractivity (Wildman–Crippen MR) is 64.5 cm³/mol. The summed E-state index contributed by atoms with van der Waals surface area (Å²) in [4.78, 5) is 11.6. The smallest absolute Gasteiger partial charge is 0.221 e. The number of carbonyl (C=O) groups excluding carboxylic acids is 1. The van der Waals surface area contributed by atoms with Crippen LogP contribution in [0.5, 0.6) is 0 Å². The van der Waals surface area contributed by atoms with Crippen molar-refractivity contribution in [2.45, 2.75) is 54.0 Å². The lowest BCUT2D eigenvalue weighted by Crippen LogP contribution is -2.41. The van der Waals surface area contributed by atoms with E-state index in [1.807, 2.05) is 0 Å². The molecule has 0 aliphatic carbocycles. The van der Waals surface area contributed by atoms with Crippen molar-refractivity contribution in [2.75, 3.05) is 6.54 Å². The Morgan fingerprint density at radius 3 is 2.00 bits per heavy atom. The van der Waals surface area contributed by atoms with Crippen molar-refractivity contribution in [2.24, 2.45) is 16.6 Å². The van der Waals surface area contributed by atoms with Crippen molar-refractivity contribution in [3.8, 4) is 0 Å². The second-order valence-corrected chi connectivity index (χ2v) is 6.51. The van der Waals surface area contributed by atoms with Crippen molar-refractivity contribution < 1.29 is 4.79 Å². The second kappa shape index (κ2) is 4.97. The van der Waals surface area contributed by atoms with E-state index in [1.165, 1.54) is 0 Å². The Hall–Kier alpha value is -0.570. The topological polar surface area (TPSA) is 55.1 Å². The molecular formula is C12H26N2O. The van der Waals surface area contributed by atoms with Gasteiger partial charge >= 0.3 is 0 Å². The molecule has 3 N–H and O–H groups in total. The lowest BCUT2D eigenvalue weighted by atomic mass is 9.85. The van der Waals surface area contributed by atoms with Crippen LogP contribution < -0.4 is 11.1 Å². The van der Waals surface area contributed by atoms with Gasteiger partial charge in [-0.3, -0.25) is 4.79 Å². The minimum Gasteiger partial charge on any atom is -0.356 e. The highest BCUT2D eigenvalue weighted by Gasteiger charge is 2.23. The number of hydrogen-bond acceptors (Lipinski definition) is 2. The van der Waals surface area contributed by atoms with Gasteiger partial charge in [0.2, 0.25) is 5.91 Å². The van der Waals surface area contributed by atoms with Gasteiger partial charge in [0.15, 0.2) is 0 Å². The van der Waals surface area contributed by atoms with Crippen LogP contribution in [0.15, 0.2) is 0 Å². The van der Waals surface area contributed by atoms with Crippen LogP contribution in [0.4, 0.5) is 0 Å². The van der Waals surface area contributed by atoms with Crippen LogP contribution in [0.25, 0.3) is 0 Å². The van der Waals surface area contributed by atoms with Crippen molar-refractivity contribution in [3.63, 3.8) is 0 Å². The first-order chi connectivity index (χ1) is 6.52. The lowest BCUT2D eigenvalue weighted by molar-refractivity contribution is -0.122. The Balaban J connectivity index is 3.96. The third-order valence-electron chi connectivity index (χ3n) is 2.33. The molecule has 0 aliphatic heterocycles. The minimum absolute atomic E-state index is 0.0148. The highest BCUT2D eigenvalue weighted by atomic mass is 16.1. The van der Waals surface area contributed by atoms with Crippen LogP contribution in [0.2, 0.25) is 0 Å². The maximum atomic E-state index is 11.6. The van der Waals surface area contributed by atoms with E-state index in [-0.39, 0.29) is 22.8 Å². The molecule has 90 valence electrons.